The van der Waals surface area contributed by atoms with Crippen molar-refractivity contribution in [1.82, 2.24) is 9.97 Å². The zero-order valence-corrected chi connectivity index (χ0v) is 11.5. The lowest BCUT2D eigenvalue weighted by atomic mass is 10.4. The van der Waals surface area contributed by atoms with Gasteiger partial charge in [-0.2, -0.15) is 4.98 Å². The number of methoxy groups -OCH3 is 1. The number of aromatic nitrogens is 2. The summed E-state index contributed by atoms with van der Waals surface area (Å²) in [5, 5.41) is 2.99. The summed E-state index contributed by atoms with van der Waals surface area (Å²) in [5.41, 5.74) is 0. The Bertz CT molecular complexity index is 339. The van der Waals surface area contributed by atoms with E-state index in [0.29, 0.717) is 10.3 Å². The Labute approximate surface area is 108 Å². The van der Waals surface area contributed by atoms with Crippen LogP contribution >= 0.6 is 27.5 Å². The highest BCUT2D eigenvalue weighted by molar-refractivity contribution is 9.10. The van der Waals surface area contributed by atoms with Crippen LogP contribution in [0.15, 0.2) is 10.7 Å². The summed E-state index contributed by atoms with van der Waals surface area (Å²) in [7, 11) is 3.25. The summed E-state index contributed by atoms with van der Waals surface area (Å²) in [6.07, 6.45) is 2.30. The molecule has 1 aromatic heterocycles. The molecule has 0 aliphatic heterocycles. The van der Waals surface area contributed by atoms with Crippen LogP contribution in [0.5, 0.6) is 0 Å². The minimum absolute atomic E-state index is 0.142. The molecule has 0 amide bonds. The maximum Gasteiger partial charge on any atom is 0.224 e. The second kappa shape index (κ2) is 8.43. The van der Waals surface area contributed by atoms with Gasteiger partial charge in [-0.15, -0.1) is 0 Å². The van der Waals surface area contributed by atoms with Crippen LogP contribution in [0.4, 0.5) is 5.82 Å². The molecule has 1 N–H and O–H groups in total. The van der Waals surface area contributed by atoms with Crippen molar-refractivity contribution >= 4 is 39.6 Å². The SMILES string of the molecule is COC.C[C@H](C=O)Nc1nc(Cl)ncc1Br. The van der Waals surface area contributed by atoms with E-state index in [2.05, 4.69) is 36.0 Å². The van der Waals surface area contributed by atoms with Gasteiger partial charge in [-0.1, -0.05) is 0 Å². The lowest BCUT2D eigenvalue weighted by Crippen LogP contribution is -2.17. The van der Waals surface area contributed by atoms with E-state index >= 15 is 0 Å². The second-order valence-corrected chi connectivity index (χ2v) is 4.01. The first-order chi connectivity index (χ1) is 7.54. The van der Waals surface area contributed by atoms with E-state index in [-0.39, 0.29) is 11.3 Å². The van der Waals surface area contributed by atoms with Crippen LogP contribution in [0.3, 0.4) is 0 Å². The molecule has 16 heavy (non-hydrogen) atoms. The third-order valence-electron chi connectivity index (χ3n) is 1.28. The molecular weight excluding hydrogens is 297 g/mol. The van der Waals surface area contributed by atoms with Crippen molar-refractivity contribution in [2.24, 2.45) is 0 Å². The van der Waals surface area contributed by atoms with E-state index in [4.69, 9.17) is 11.6 Å². The third kappa shape index (κ3) is 5.99. The Hall–Kier alpha value is -0.720. The standard InChI is InChI=1S/C7H7BrClN3O.C2H6O/c1-4(3-13)11-6-5(8)2-10-7(9)12-6;1-3-2/h2-4H,1H3,(H,10,11,12);1-2H3/t4-;/m1./s1. The fourth-order valence-corrected chi connectivity index (χ4v) is 1.14. The van der Waals surface area contributed by atoms with Crippen molar-refractivity contribution in [2.45, 2.75) is 13.0 Å². The Morgan fingerprint density at radius 1 is 1.62 bits per heavy atom. The molecule has 7 heteroatoms. The highest BCUT2D eigenvalue weighted by atomic mass is 79.9. The van der Waals surface area contributed by atoms with Crippen molar-refractivity contribution in [3.63, 3.8) is 0 Å². The largest absolute Gasteiger partial charge is 0.388 e. The molecule has 0 aliphatic rings. The van der Waals surface area contributed by atoms with Gasteiger partial charge in [0.15, 0.2) is 0 Å². The number of hydrogen-bond donors (Lipinski definition) is 1. The Morgan fingerprint density at radius 2 is 2.19 bits per heavy atom. The van der Waals surface area contributed by atoms with Crippen molar-refractivity contribution in [1.29, 1.82) is 0 Å². The molecule has 0 saturated carbocycles. The first-order valence-corrected chi connectivity index (χ1v) is 5.52. The number of carbonyl (C=O) groups excluding carboxylic acids is 1. The molecule has 1 heterocycles. The topological polar surface area (TPSA) is 64.1 Å². The normalized spacial score (nSPS) is 11.1. The van der Waals surface area contributed by atoms with E-state index in [9.17, 15) is 4.79 Å². The monoisotopic (exact) mass is 309 g/mol. The quantitative estimate of drug-likeness (QED) is 0.684. The molecule has 0 spiro atoms. The minimum atomic E-state index is -0.303. The predicted molar refractivity (Wildman–Crippen MR) is 66.8 cm³/mol. The molecule has 0 aromatic carbocycles. The molecule has 0 saturated heterocycles. The number of ether oxygens (including phenoxy) is 1. The third-order valence-corrected chi connectivity index (χ3v) is 2.05. The Morgan fingerprint density at radius 3 is 2.69 bits per heavy atom. The van der Waals surface area contributed by atoms with Gasteiger partial charge in [-0.05, 0) is 34.5 Å². The molecule has 0 fully saturated rings. The van der Waals surface area contributed by atoms with E-state index in [1.807, 2.05) is 0 Å². The average molecular weight is 311 g/mol. The van der Waals surface area contributed by atoms with Gasteiger partial charge >= 0.3 is 0 Å². The van der Waals surface area contributed by atoms with Crippen LogP contribution in [0.25, 0.3) is 0 Å². The molecule has 0 aliphatic carbocycles. The number of carbonyl (C=O) groups is 1. The highest BCUT2D eigenvalue weighted by Crippen LogP contribution is 2.20. The molecule has 1 aromatic rings. The van der Waals surface area contributed by atoms with E-state index in [0.717, 1.165) is 6.29 Å². The molecule has 1 rings (SSSR count). The van der Waals surface area contributed by atoms with Gasteiger partial charge in [0.25, 0.3) is 0 Å². The van der Waals surface area contributed by atoms with Crippen LogP contribution in [-0.4, -0.2) is 36.5 Å². The summed E-state index contributed by atoms with van der Waals surface area (Å²) in [4.78, 5) is 18.0. The van der Waals surface area contributed by atoms with Gasteiger partial charge in [-0.3, -0.25) is 0 Å². The Kier molecular flexibility index (Phi) is 8.05. The van der Waals surface area contributed by atoms with Gasteiger partial charge in [0.05, 0.1) is 10.5 Å². The summed E-state index contributed by atoms with van der Waals surface area (Å²) >= 11 is 8.80. The number of rotatable bonds is 3. The van der Waals surface area contributed by atoms with Crippen molar-refractivity contribution in [2.75, 3.05) is 19.5 Å². The number of hydrogen-bond acceptors (Lipinski definition) is 5. The zero-order chi connectivity index (χ0) is 12.6. The van der Waals surface area contributed by atoms with E-state index in [1.54, 1.807) is 21.1 Å². The van der Waals surface area contributed by atoms with Crippen molar-refractivity contribution in [3.8, 4) is 0 Å². The number of nitrogens with one attached hydrogen (secondary N) is 1. The number of nitrogens with zero attached hydrogens (tertiary/aromatic N) is 2. The molecule has 0 unspecified atom stereocenters. The predicted octanol–water partition coefficient (Wildman–Crippen LogP) is 2.15. The summed E-state index contributed by atoms with van der Waals surface area (Å²) in [6, 6.07) is -0.303. The van der Waals surface area contributed by atoms with Gasteiger partial charge < -0.3 is 14.8 Å². The molecule has 0 radical (unpaired) electrons. The first-order valence-electron chi connectivity index (χ1n) is 4.35. The number of anilines is 1. The van der Waals surface area contributed by atoms with Crippen LogP contribution in [-0.2, 0) is 9.53 Å². The van der Waals surface area contributed by atoms with Crippen molar-refractivity contribution in [3.05, 3.63) is 16.0 Å². The molecule has 1 atom stereocenters. The van der Waals surface area contributed by atoms with Crippen molar-refractivity contribution < 1.29 is 9.53 Å². The first kappa shape index (κ1) is 15.3. The van der Waals surface area contributed by atoms with E-state index < -0.39 is 0 Å². The lowest BCUT2D eigenvalue weighted by molar-refractivity contribution is -0.108. The number of halogens is 2. The minimum Gasteiger partial charge on any atom is -0.388 e. The summed E-state index contributed by atoms with van der Waals surface area (Å²) in [5.74, 6) is 0.514. The van der Waals surface area contributed by atoms with Gasteiger partial charge in [0.2, 0.25) is 5.28 Å². The maximum absolute atomic E-state index is 10.4. The molecule has 5 nitrogen and oxygen atoms in total. The van der Waals surface area contributed by atoms with Crippen LogP contribution in [0, 0.1) is 0 Å². The average Bonchev–Trinajstić information content (AvgIpc) is 2.24. The molecular formula is C9H13BrClN3O2. The fraction of sp³-hybridized carbons (Fsp3) is 0.444. The zero-order valence-electron chi connectivity index (χ0n) is 9.20. The molecule has 0 bridgehead atoms. The van der Waals surface area contributed by atoms with E-state index in [1.165, 1.54) is 6.20 Å². The second-order valence-electron chi connectivity index (χ2n) is 2.81. The Balaban J connectivity index is 0.000000673. The smallest absolute Gasteiger partial charge is 0.224 e. The van der Waals surface area contributed by atoms with Crippen LogP contribution in [0.1, 0.15) is 6.92 Å². The lowest BCUT2D eigenvalue weighted by Gasteiger charge is -2.08. The fourth-order valence-electron chi connectivity index (χ4n) is 0.697. The maximum atomic E-state index is 10.4. The summed E-state index contributed by atoms with van der Waals surface area (Å²) < 4.78 is 4.92. The van der Waals surface area contributed by atoms with Gasteiger partial charge in [0, 0.05) is 20.4 Å². The highest BCUT2D eigenvalue weighted by Gasteiger charge is 2.06. The van der Waals surface area contributed by atoms with Crippen LogP contribution < -0.4 is 5.32 Å². The van der Waals surface area contributed by atoms with Gasteiger partial charge in [-0.25, -0.2) is 4.98 Å². The molecule has 90 valence electrons. The van der Waals surface area contributed by atoms with Gasteiger partial charge in [0.1, 0.15) is 12.1 Å². The summed E-state index contributed by atoms with van der Waals surface area (Å²) in [6.45, 7) is 1.72. The van der Waals surface area contributed by atoms with Crippen LogP contribution in [0.2, 0.25) is 5.28 Å². The number of aldehydes is 1.